The van der Waals surface area contributed by atoms with Gasteiger partial charge in [0.2, 0.25) is 5.69 Å². The average Bonchev–Trinajstić information content (AvgIpc) is 2.25. The van der Waals surface area contributed by atoms with Gasteiger partial charge in [-0.1, -0.05) is 0 Å². The summed E-state index contributed by atoms with van der Waals surface area (Å²) in [4.78, 5) is 13.7. The summed E-state index contributed by atoms with van der Waals surface area (Å²) in [6, 6.07) is 3.69. The molecule has 9 heteroatoms. The molecule has 1 unspecified atom stereocenters. The molecule has 0 aromatic carbocycles. The van der Waals surface area contributed by atoms with Gasteiger partial charge in [-0.3, -0.25) is 10.1 Å². The summed E-state index contributed by atoms with van der Waals surface area (Å²) >= 11 is 0. The van der Waals surface area contributed by atoms with Crippen molar-refractivity contribution in [2.24, 2.45) is 0 Å². The van der Waals surface area contributed by atoms with Crippen molar-refractivity contribution in [1.29, 1.82) is 5.26 Å². The second kappa shape index (κ2) is 5.62. The Bertz CT molecular complexity index is 635. The van der Waals surface area contributed by atoms with Gasteiger partial charge < -0.3 is 5.32 Å². The fourth-order valence-corrected chi connectivity index (χ4v) is 2.50. The summed E-state index contributed by atoms with van der Waals surface area (Å²) in [6.45, 7) is 1.64. The first kappa shape index (κ1) is 14.8. The first-order chi connectivity index (χ1) is 8.73. The molecule has 1 aromatic heterocycles. The fourth-order valence-electron chi connectivity index (χ4n) is 1.51. The molecule has 1 rings (SSSR count). The number of pyridine rings is 1. The highest BCUT2D eigenvalue weighted by Crippen LogP contribution is 2.18. The maximum atomic E-state index is 11.1. The third kappa shape index (κ3) is 4.51. The van der Waals surface area contributed by atoms with Crippen molar-refractivity contribution in [2.75, 3.05) is 17.3 Å². The van der Waals surface area contributed by atoms with Gasteiger partial charge in [0.15, 0.2) is 0 Å². The average molecular weight is 284 g/mol. The van der Waals surface area contributed by atoms with E-state index in [-0.39, 0.29) is 23.0 Å². The minimum Gasteiger partial charge on any atom is -0.367 e. The SMILES string of the molecule is CC(CS(C)(=O)=O)Nc1ccc([N+](=O)[O-])c(C#N)n1. The first-order valence-electron chi connectivity index (χ1n) is 5.22. The highest BCUT2D eigenvalue weighted by molar-refractivity contribution is 7.90. The van der Waals surface area contributed by atoms with Crippen LogP contribution in [0.25, 0.3) is 0 Å². The van der Waals surface area contributed by atoms with Crippen molar-refractivity contribution in [1.82, 2.24) is 4.98 Å². The monoisotopic (exact) mass is 284 g/mol. The lowest BCUT2D eigenvalue weighted by atomic mass is 10.3. The van der Waals surface area contributed by atoms with Crippen LogP contribution in [0.4, 0.5) is 11.5 Å². The smallest absolute Gasteiger partial charge is 0.305 e. The third-order valence-corrected chi connectivity index (χ3v) is 3.23. The van der Waals surface area contributed by atoms with Gasteiger partial charge in [0.05, 0.1) is 10.7 Å². The molecule has 0 saturated heterocycles. The maximum Gasteiger partial charge on any atom is 0.305 e. The molecule has 0 spiro atoms. The molecule has 1 atom stereocenters. The van der Waals surface area contributed by atoms with Crippen LogP contribution in [0.3, 0.4) is 0 Å². The Hall–Kier alpha value is -2.21. The van der Waals surface area contributed by atoms with E-state index < -0.39 is 20.8 Å². The largest absolute Gasteiger partial charge is 0.367 e. The zero-order valence-electron chi connectivity index (χ0n) is 10.3. The summed E-state index contributed by atoms with van der Waals surface area (Å²) in [5.74, 6) is 0.117. The number of nitro groups is 1. The second-order valence-corrected chi connectivity index (χ2v) is 6.26. The number of aromatic nitrogens is 1. The number of hydrogen-bond donors (Lipinski definition) is 1. The van der Waals surface area contributed by atoms with E-state index in [1.54, 1.807) is 13.0 Å². The van der Waals surface area contributed by atoms with Crippen molar-refractivity contribution >= 4 is 21.3 Å². The zero-order chi connectivity index (χ0) is 14.6. The van der Waals surface area contributed by atoms with Gasteiger partial charge in [0.1, 0.15) is 21.7 Å². The van der Waals surface area contributed by atoms with Crippen molar-refractivity contribution < 1.29 is 13.3 Å². The van der Waals surface area contributed by atoms with Crippen molar-refractivity contribution in [3.8, 4) is 6.07 Å². The highest BCUT2D eigenvalue weighted by Gasteiger charge is 2.17. The quantitative estimate of drug-likeness (QED) is 0.623. The molecule has 0 aliphatic rings. The van der Waals surface area contributed by atoms with Crippen molar-refractivity contribution in [2.45, 2.75) is 13.0 Å². The summed E-state index contributed by atoms with van der Waals surface area (Å²) < 4.78 is 22.2. The number of rotatable bonds is 5. The summed E-state index contributed by atoms with van der Waals surface area (Å²) in [6.07, 6.45) is 1.11. The molecule has 0 aliphatic carbocycles. The predicted octanol–water partition coefficient (Wildman–Crippen LogP) is 0.706. The van der Waals surface area contributed by atoms with E-state index in [1.807, 2.05) is 0 Å². The molecule has 0 saturated carbocycles. The Labute approximate surface area is 110 Å². The Morgan fingerprint density at radius 1 is 1.58 bits per heavy atom. The normalized spacial score (nSPS) is 12.5. The van der Waals surface area contributed by atoms with Crippen LogP contribution >= 0.6 is 0 Å². The molecular formula is C10H12N4O4S. The first-order valence-corrected chi connectivity index (χ1v) is 7.29. The Kier molecular flexibility index (Phi) is 4.39. The molecule has 1 heterocycles. The number of anilines is 1. The van der Waals surface area contributed by atoms with Crippen LogP contribution in [-0.4, -0.2) is 36.4 Å². The minimum atomic E-state index is -3.14. The minimum absolute atomic E-state index is 0.104. The molecule has 0 fully saturated rings. The third-order valence-electron chi connectivity index (χ3n) is 2.12. The number of sulfone groups is 1. The fraction of sp³-hybridized carbons (Fsp3) is 0.400. The van der Waals surface area contributed by atoms with E-state index >= 15 is 0 Å². The van der Waals surface area contributed by atoms with Crippen LogP contribution in [-0.2, 0) is 9.84 Å². The van der Waals surface area contributed by atoms with Crippen molar-refractivity contribution in [3.63, 3.8) is 0 Å². The Morgan fingerprint density at radius 2 is 2.21 bits per heavy atom. The molecular weight excluding hydrogens is 272 g/mol. The molecule has 0 aliphatic heterocycles. The van der Waals surface area contributed by atoms with Crippen molar-refractivity contribution in [3.05, 3.63) is 27.9 Å². The lowest BCUT2D eigenvalue weighted by molar-refractivity contribution is -0.385. The molecule has 1 N–H and O–H groups in total. The Balaban J connectivity index is 2.93. The number of nitrogens with zero attached hydrogens (tertiary/aromatic N) is 3. The second-order valence-electron chi connectivity index (χ2n) is 4.07. The van der Waals surface area contributed by atoms with E-state index in [1.165, 1.54) is 6.07 Å². The summed E-state index contributed by atoms with van der Waals surface area (Å²) in [5.41, 5.74) is -0.703. The Morgan fingerprint density at radius 3 is 2.68 bits per heavy atom. The van der Waals surface area contributed by atoms with Gasteiger partial charge in [-0.25, -0.2) is 13.4 Å². The topological polar surface area (TPSA) is 126 Å². The van der Waals surface area contributed by atoms with Gasteiger partial charge in [-0.2, -0.15) is 5.26 Å². The maximum absolute atomic E-state index is 11.1. The lowest BCUT2D eigenvalue weighted by Gasteiger charge is -2.13. The van der Waals surface area contributed by atoms with Gasteiger partial charge in [0.25, 0.3) is 0 Å². The van der Waals surface area contributed by atoms with E-state index in [2.05, 4.69) is 10.3 Å². The number of nitriles is 1. The van der Waals surface area contributed by atoms with E-state index in [0.717, 1.165) is 12.3 Å². The highest BCUT2D eigenvalue weighted by atomic mass is 32.2. The summed E-state index contributed by atoms with van der Waals surface area (Å²) in [7, 11) is -3.14. The molecule has 0 amide bonds. The van der Waals surface area contributed by atoms with Crippen LogP contribution in [0, 0.1) is 21.4 Å². The van der Waals surface area contributed by atoms with Gasteiger partial charge in [-0.15, -0.1) is 0 Å². The molecule has 19 heavy (non-hydrogen) atoms. The molecule has 0 radical (unpaired) electrons. The van der Waals surface area contributed by atoms with E-state index in [0.29, 0.717) is 0 Å². The zero-order valence-corrected chi connectivity index (χ0v) is 11.1. The molecule has 0 bridgehead atoms. The van der Waals surface area contributed by atoms with Crippen LogP contribution in [0.15, 0.2) is 12.1 Å². The molecule has 102 valence electrons. The van der Waals surface area contributed by atoms with Gasteiger partial charge in [-0.05, 0) is 13.0 Å². The molecule has 8 nitrogen and oxygen atoms in total. The van der Waals surface area contributed by atoms with Crippen LogP contribution in [0.5, 0.6) is 0 Å². The standard InChI is InChI=1S/C10H12N4O4S/c1-7(6-19(2,17)18)12-10-4-3-9(14(15)16)8(5-11)13-10/h3-4,7H,6H2,1-2H3,(H,12,13). The van der Waals surface area contributed by atoms with Crippen LogP contribution < -0.4 is 5.32 Å². The lowest BCUT2D eigenvalue weighted by Crippen LogP contribution is -2.25. The predicted molar refractivity (Wildman–Crippen MR) is 68.4 cm³/mol. The van der Waals surface area contributed by atoms with Crippen LogP contribution in [0.2, 0.25) is 0 Å². The molecule has 1 aromatic rings. The van der Waals surface area contributed by atoms with E-state index in [4.69, 9.17) is 5.26 Å². The number of nitrogens with one attached hydrogen (secondary N) is 1. The summed E-state index contributed by atoms with van der Waals surface area (Å²) in [5, 5.41) is 22.2. The van der Waals surface area contributed by atoms with Crippen LogP contribution in [0.1, 0.15) is 12.6 Å². The van der Waals surface area contributed by atoms with Gasteiger partial charge >= 0.3 is 5.69 Å². The van der Waals surface area contributed by atoms with Gasteiger partial charge in [0, 0.05) is 18.4 Å². The van der Waals surface area contributed by atoms with E-state index in [9.17, 15) is 18.5 Å². The number of hydrogen-bond acceptors (Lipinski definition) is 7.